The lowest BCUT2D eigenvalue weighted by Crippen LogP contribution is -2.46. The molecule has 24 heavy (non-hydrogen) atoms. The molecule has 1 fully saturated rings. The number of aryl methyl sites for hydroxylation is 2. The molecule has 1 aromatic heterocycles. The first-order chi connectivity index (χ1) is 11.3. The van der Waals surface area contributed by atoms with E-state index in [1.165, 1.54) is 0 Å². The number of piperidine rings is 1. The number of ether oxygens (including phenoxy) is 1. The number of likely N-dealkylation sites (tertiary alicyclic amines) is 1. The van der Waals surface area contributed by atoms with Crippen molar-refractivity contribution in [2.24, 2.45) is 0 Å². The van der Waals surface area contributed by atoms with Gasteiger partial charge in [0, 0.05) is 12.2 Å². The van der Waals surface area contributed by atoms with Gasteiger partial charge in [0.2, 0.25) is 5.91 Å². The highest BCUT2D eigenvalue weighted by Crippen LogP contribution is 2.20. The van der Waals surface area contributed by atoms with Crippen molar-refractivity contribution in [3.8, 4) is 0 Å². The zero-order valence-electron chi connectivity index (χ0n) is 14.1. The van der Waals surface area contributed by atoms with E-state index in [4.69, 9.17) is 0 Å². The molecule has 2 rings (SSSR count). The van der Waals surface area contributed by atoms with Crippen LogP contribution in [0.1, 0.15) is 37.1 Å². The van der Waals surface area contributed by atoms with Crippen LogP contribution >= 0.6 is 0 Å². The number of alkyl halides is 3. The molecule has 0 spiro atoms. The van der Waals surface area contributed by atoms with E-state index in [1.807, 2.05) is 24.6 Å². The van der Waals surface area contributed by atoms with Crippen LogP contribution in [0.15, 0.2) is 6.07 Å². The number of hydrogen-bond donors (Lipinski definition) is 0. The molecule has 0 aromatic carbocycles. The molecular weight excluding hydrogens is 323 g/mol. The normalized spacial score (nSPS) is 18.9. The standard InChI is InChI=1S/C16H24F3N3O2/c1-12-9-13(2)22(20-12)10-14-5-3-4-7-21(14)15(23)6-8-24-11-16(17,18)19/h9,14H,3-8,10-11H2,1-2H3/t14-/m0/s1. The molecule has 8 heteroatoms. The largest absolute Gasteiger partial charge is 0.411 e. The molecular formula is C16H24F3N3O2. The van der Waals surface area contributed by atoms with Crippen LogP contribution < -0.4 is 0 Å². The monoisotopic (exact) mass is 347 g/mol. The van der Waals surface area contributed by atoms with E-state index in [1.54, 1.807) is 4.90 Å². The molecule has 0 unspecified atom stereocenters. The summed E-state index contributed by atoms with van der Waals surface area (Å²) in [5, 5.41) is 4.43. The molecule has 0 saturated carbocycles. The maximum Gasteiger partial charge on any atom is 0.411 e. The summed E-state index contributed by atoms with van der Waals surface area (Å²) in [6.07, 6.45) is -1.54. The average Bonchev–Trinajstić information content (AvgIpc) is 2.81. The van der Waals surface area contributed by atoms with Gasteiger partial charge in [0.1, 0.15) is 6.61 Å². The van der Waals surface area contributed by atoms with Crippen molar-refractivity contribution in [3.63, 3.8) is 0 Å². The van der Waals surface area contributed by atoms with Gasteiger partial charge in [0.15, 0.2) is 0 Å². The predicted molar refractivity (Wildman–Crippen MR) is 82.5 cm³/mol. The molecule has 1 amide bonds. The van der Waals surface area contributed by atoms with E-state index in [0.717, 1.165) is 30.7 Å². The summed E-state index contributed by atoms with van der Waals surface area (Å²) in [5.74, 6) is -0.150. The predicted octanol–water partition coefficient (Wildman–Crippen LogP) is 2.85. The van der Waals surface area contributed by atoms with Crippen molar-refractivity contribution in [1.82, 2.24) is 14.7 Å². The Kier molecular flexibility index (Phi) is 6.26. The minimum absolute atomic E-state index is 0.0241. The maximum atomic E-state index is 12.3. The van der Waals surface area contributed by atoms with Crippen molar-refractivity contribution in [2.45, 2.75) is 58.3 Å². The minimum Gasteiger partial charge on any atom is -0.372 e. The van der Waals surface area contributed by atoms with Crippen molar-refractivity contribution in [1.29, 1.82) is 0 Å². The third-order valence-electron chi connectivity index (χ3n) is 4.16. The van der Waals surface area contributed by atoms with Crippen LogP contribution in [-0.2, 0) is 16.1 Å². The van der Waals surface area contributed by atoms with Crippen LogP contribution in [0, 0.1) is 13.8 Å². The number of halogens is 3. The van der Waals surface area contributed by atoms with Gasteiger partial charge in [0.25, 0.3) is 0 Å². The number of carbonyl (C=O) groups is 1. The number of nitrogens with zero attached hydrogens (tertiary/aromatic N) is 3. The van der Waals surface area contributed by atoms with Crippen LogP contribution in [0.2, 0.25) is 0 Å². The zero-order chi connectivity index (χ0) is 17.7. The Morgan fingerprint density at radius 3 is 2.75 bits per heavy atom. The molecule has 1 aliphatic heterocycles. The van der Waals surface area contributed by atoms with Gasteiger partial charge in [-0.15, -0.1) is 0 Å². The lowest BCUT2D eigenvalue weighted by Gasteiger charge is -2.36. The Labute approximate surface area is 139 Å². The fourth-order valence-electron chi connectivity index (χ4n) is 3.07. The number of rotatable bonds is 6. The fraction of sp³-hybridized carbons (Fsp3) is 0.750. The van der Waals surface area contributed by atoms with Gasteiger partial charge in [-0.05, 0) is 39.2 Å². The molecule has 136 valence electrons. The third kappa shape index (κ3) is 5.51. The zero-order valence-corrected chi connectivity index (χ0v) is 14.1. The van der Waals surface area contributed by atoms with Gasteiger partial charge in [0.05, 0.1) is 31.3 Å². The SMILES string of the molecule is Cc1cc(C)n(C[C@@H]2CCCCN2C(=O)CCOCC(F)(F)F)n1. The molecule has 0 N–H and O–H groups in total. The van der Waals surface area contributed by atoms with Crippen LogP contribution in [0.3, 0.4) is 0 Å². The first-order valence-electron chi connectivity index (χ1n) is 8.21. The van der Waals surface area contributed by atoms with E-state index in [-0.39, 0.29) is 25.0 Å². The van der Waals surface area contributed by atoms with Crippen LogP contribution in [-0.4, -0.2) is 52.6 Å². The van der Waals surface area contributed by atoms with Gasteiger partial charge >= 0.3 is 6.18 Å². The summed E-state index contributed by atoms with van der Waals surface area (Å²) in [6.45, 7) is 3.64. The van der Waals surface area contributed by atoms with Gasteiger partial charge in [-0.25, -0.2) is 0 Å². The highest BCUT2D eigenvalue weighted by molar-refractivity contribution is 5.76. The Morgan fingerprint density at radius 1 is 1.38 bits per heavy atom. The Bertz CT molecular complexity index is 557. The lowest BCUT2D eigenvalue weighted by atomic mass is 10.0. The first kappa shape index (κ1) is 18.8. The van der Waals surface area contributed by atoms with Crippen LogP contribution in [0.4, 0.5) is 13.2 Å². The molecule has 1 saturated heterocycles. The summed E-state index contributed by atoms with van der Waals surface area (Å²) < 4.78 is 42.6. The summed E-state index contributed by atoms with van der Waals surface area (Å²) in [6, 6.07) is 2.02. The summed E-state index contributed by atoms with van der Waals surface area (Å²) in [5.41, 5.74) is 1.97. The summed E-state index contributed by atoms with van der Waals surface area (Å²) >= 11 is 0. The van der Waals surface area contributed by atoms with Crippen molar-refractivity contribution < 1.29 is 22.7 Å². The molecule has 2 heterocycles. The van der Waals surface area contributed by atoms with Crippen LogP contribution in [0.5, 0.6) is 0 Å². The highest BCUT2D eigenvalue weighted by atomic mass is 19.4. The second kappa shape index (κ2) is 8.00. The Morgan fingerprint density at radius 2 is 2.12 bits per heavy atom. The van der Waals surface area contributed by atoms with Gasteiger partial charge in [-0.3, -0.25) is 9.48 Å². The number of carbonyl (C=O) groups excluding carboxylic acids is 1. The molecule has 0 bridgehead atoms. The van der Waals surface area contributed by atoms with Gasteiger partial charge in [-0.1, -0.05) is 0 Å². The average molecular weight is 347 g/mol. The van der Waals surface area contributed by atoms with E-state index in [0.29, 0.717) is 13.1 Å². The topological polar surface area (TPSA) is 47.4 Å². The Hall–Kier alpha value is -1.57. The quantitative estimate of drug-likeness (QED) is 0.744. The second-order valence-electron chi connectivity index (χ2n) is 6.26. The molecule has 0 aliphatic carbocycles. The van der Waals surface area contributed by atoms with Crippen molar-refractivity contribution in [2.75, 3.05) is 19.8 Å². The van der Waals surface area contributed by atoms with E-state index >= 15 is 0 Å². The van der Waals surface area contributed by atoms with Crippen molar-refractivity contribution in [3.05, 3.63) is 17.5 Å². The first-order valence-corrected chi connectivity index (χ1v) is 8.21. The maximum absolute atomic E-state index is 12.3. The molecule has 1 aliphatic rings. The third-order valence-corrected chi connectivity index (χ3v) is 4.16. The number of aromatic nitrogens is 2. The van der Waals surface area contributed by atoms with Crippen LogP contribution in [0.25, 0.3) is 0 Å². The molecule has 1 atom stereocenters. The van der Waals surface area contributed by atoms with Crippen molar-refractivity contribution >= 4 is 5.91 Å². The van der Waals surface area contributed by atoms with E-state index in [9.17, 15) is 18.0 Å². The van der Waals surface area contributed by atoms with Gasteiger partial charge in [-0.2, -0.15) is 18.3 Å². The van der Waals surface area contributed by atoms with E-state index < -0.39 is 12.8 Å². The van der Waals surface area contributed by atoms with E-state index in [2.05, 4.69) is 9.84 Å². The summed E-state index contributed by atoms with van der Waals surface area (Å²) in [4.78, 5) is 14.1. The fourth-order valence-corrected chi connectivity index (χ4v) is 3.07. The smallest absolute Gasteiger partial charge is 0.372 e. The number of hydrogen-bond acceptors (Lipinski definition) is 3. The highest BCUT2D eigenvalue weighted by Gasteiger charge is 2.29. The minimum atomic E-state index is -4.35. The molecule has 0 radical (unpaired) electrons. The lowest BCUT2D eigenvalue weighted by molar-refractivity contribution is -0.175. The Balaban J connectivity index is 1.88. The molecule has 1 aromatic rings. The second-order valence-corrected chi connectivity index (χ2v) is 6.26. The van der Waals surface area contributed by atoms with Gasteiger partial charge < -0.3 is 9.64 Å². The summed E-state index contributed by atoms with van der Waals surface area (Å²) in [7, 11) is 0. The molecule has 5 nitrogen and oxygen atoms in total. The number of amides is 1.